The summed E-state index contributed by atoms with van der Waals surface area (Å²) >= 11 is 12.9. The van der Waals surface area contributed by atoms with Crippen molar-refractivity contribution in [1.29, 1.82) is 0 Å². The fourth-order valence-corrected chi connectivity index (χ4v) is 4.03. The summed E-state index contributed by atoms with van der Waals surface area (Å²) in [6.45, 7) is 0. The molecule has 3 aromatic rings. The molecule has 1 heterocycles. The minimum atomic E-state index is -3.80. The van der Waals surface area contributed by atoms with Crippen LogP contribution in [0, 0.1) is 0 Å². The van der Waals surface area contributed by atoms with Crippen LogP contribution < -0.4 is 10.5 Å². The second-order valence-corrected chi connectivity index (χ2v) is 8.27. The Hall–Kier alpha value is -1.71. The molecule has 0 fully saturated rings. The summed E-state index contributed by atoms with van der Waals surface area (Å²) in [5.74, 6) is -0.426. The van der Waals surface area contributed by atoms with E-state index in [0.717, 1.165) is 11.3 Å². The number of anilines is 1. The smallest absolute Gasteiger partial charge is 0.257 e. The van der Waals surface area contributed by atoms with E-state index in [1.54, 1.807) is 0 Å². The fourth-order valence-electron chi connectivity index (χ4n) is 1.99. The SMILES string of the molecule is NS(=O)(=O)c1ccc2nc(NC(=O)c3cc(Cl)cc(Cl)c3)sc2c1. The predicted molar refractivity (Wildman–Crippen MR) is 95.4 cm³/mol. The molecule has 0 atom stereocenters. The zero-order valence-corrected chi connectivity index (χ0v) is 14.9. The van der Waals surface area contributed by atoms with Crippen LogP contribution in [0.15, 0.2) is 41.3 Å². The van der Waals surface area contributed by atoms with Crippen LogP contribution in [0.25, 0.3) is 10.2 Å². The summed E-state index contributed by atoms with van der Waals surface area (Å²) in [5.41, 5.74) is 0.837. The average molecular weight is 402 g/mol. The average Bonchev–Trinajstić information content (AvgIpc) is 2.86. The van der Waals surface area contributed by atoms with Crippen molar-refractivity contribution in [2.75, 3.05) is 5.32 Å². The van der Waals surface area contributed by atoms with E-state index >= 15 is 0 Å². The first-order chi connectivity index (χ1) is 11.2. The third-order valence-electron chi connectivity index (χ3n) is 3.03. The van der Waals surface area contributed by atoms with Crippen molar-refractivity contribution in [3.63, 3.8) is 0 Å². The highest BCUT2D eigenvalue weighted by molar-refractivity contribution is 7.89. The molecule has 10 heteroatoms. The minimum absolute atomic E-state index is 0.0156. The molecular formula is C14H9Cl2N3O3S2. The second-order valence-electron chi connectivity index (χ2n) is 4.81. The van der Waals surface area contributed by atoms with Gasteiger partial charge in [-0.2, -0.15) is 0 Å². The number of carbonyl (C=O) groups excluding carboxylic acids is 1. The topological polar surface area (TPSA) is 102 Å². The van der Waals surface area contributed by atoms with Crippen LogP contribution in [0.4, 0.5) is 5.13 Å². The second kappa shape index (κ2) is 6.30. The van der Waals surface area contributed by atoms with E-state index in [0.29, 0.717) is 25.4 Å². The summed E-state index contributed by atoms with van der Waals surface area (Å²) in [4.78, 5) is 16.5. The number of amides is 1. The quantitative estimate of drug-likeness (QED) is 0.700. The summed E-state index contributed by atoms with van der Waals surface area (Å²) < 4.78 is 23.3. The van der Waals surface area contributed by atoms with Gasteiger partial charge in [-0.15, -0.1) is 0 Å². The number of thiazole rings is 1. The highest BCUT2D eigenvalue weighted by Crippen LogP contribution is 2.28. The van der Waals surface area contributed by atoms with Gasteiger partial charge in [0.05, 0.1) is 15.1 Å². The number of hydrogen-bond acceptors (Lipinski definition) is 5. The number of carbonyl (C=O) groups is 1. The van der Waals surface area contributed by atoms with Crippen molar-refractivity contribution in [3.05, 3.63) is 52.0 Å². The van der Waals surface area contributed by atoms with Gasteiger partial charge in [-0.25, -0.2) is 18.5 Å². The van der Waals surface area contributed by atoms with Crippen LogP contribution in [-0.4, -0.2) is 19.3 Å². The van der Waals surface area contributed by atoms with Gasteiger partial charge < -0.3 is 0 Å². The third-order valence-corrected chi connectivity index (χ3v) is 5.31. The molecule has 0 unspecified atom stereocenters. The molecule has 1 aromatic heterocycles. The summed E-state index contributed by atoms with van der Waals surface area (Å²) in [7, 11) is -3.80. The number of nitrogens with two attached hydrogens (primary N) is 1. The Morgan fingerprint density at radius 1 is 1.12 bits per heavy atom. The first-order valence-electron chi connectivity index (χ1n) is 6.43. The Balaban J connectivity index is 1.91. The number of halogens is 2. The van der Waals surface area contributed by atoms with Gasteiger partial charge in [-0.05, 0) is 36.4 Å². The number of fused-ring (bicyclic) bond motifs is 1. The summed E-state index contributed by atoms with van der Waals surface area (Å²) in [6.07, 6.45) is 0. The van der Waals surface area contributed by atoms with E-state index in [1.807, 2.05) is 0 Å². The molecule has 3 rings (SSSR count). The zero-order chi connectivity index (χ0) is 17.5. The van der Waals surface area contributed by atoms with Crippen LogP contribution in [0.1, 0.15) is 10.4 Å². The van der Waals surface area contributed by atoms with E-state index in [9.17, 15) is 13.2 Å². The number of nitrogens with zero attached hydrogens (tertiary/aromatic N) is 1. The Labute approximate surface area is 151 Å². The van der Waals surface area contributed by atoms with Crippen LogP contribution in [0.3, 0.4) is 0 Å². The molecule has 0 spiro atoms. The number of sulfonamides is 1. The van der Waals surface area contributed by atoms with Crippen molar-refractivity contribution < 1.29 is 13.2 Å². The predicted octanol–water partition coefficient (Wildman–Crippen LogP) is 3.50. The number of aromatic nitrogens is 1. The molecule has 0 aliphatic rings. The Bertz CT molecular complexity index is 1040. The van der Waals surface area contributed by atoms with Gasteiger partial charge >= 0.3 is 0 Å². The molecule has 0 radical (unpaired) electrons. The van der Waals surface area contributed by atoms with Crippen LogP contribution in [0.5, 0.6) is 0 Å². The lowest BCUT2D eigenvalue weighted by molar-refractivity contribution is 0.102. The van der Waals surface area contributed by atoms with E-state index in [2.05, 4.69) is 10.3 Å². The normalized spacial score (nSPS) is 11.6. The lowest BCUT2D eigenvalue weighted by Gasteiger charge is -2.02. The molecule has 0 aliphatic heterocycles. The number of benzene rings is 2. The van der Waals surface area contributed by atoms with E-state index in [4.69, 9.17) is 28.3 Å². The van der Waals surface area contributed by atoms with Gasteiger partial charge in [0.15, 0.2) is 5.13 Å². The molecule has 6 nitrogen and oxygen atoms in total. The van der Waals surface area contributed by atoms with Crippen LogP contribution >= 0.6 is 34.5 Å². The number of rotatable bonds is 3. The molecule has 0 saturated carbocycles. The van der Waals surface area contributed by atoms with Gasteiger partial charge in [0.1, 0.15) is 0 Å². The number of hydrogen-bond donors (Lipinski definition) is 2. The lowest BCUT2D eigenvalue weighted by atomic mass is 10.2. The van der Waals surface area contributed by atoms with Gasteiger partial charge in [-0.3, -0.25) is 10.1 Å². The molecule has 3 N–H and O–H groups in total. The first-order valence-corrected chi connectivity index (χ1v) is 9.55. The standard InChI is InChI=1S/C14H9Cl2N3O3S2/c15-8-3-7(4-9(16)5-8)13(20)19-14-18-11-2-1-10(24(17,21)22)6-12(11)23-14/h1-6H,(H2,17,21,22)(H,18,19,20). The molecule has 0 saturated heterocycles. The minimum Gasteiger partial charge on any atom is -0.298 e. The molecule has 0 bridgehead atoms. The van der Waals surface area contributed by atoms with Crippen molar-refractivity contribution >= 4 is 65.8 Å². The van der Waals surface area contributed by atoms with E-state index in [-0.39, 0.29) is 10.5 Å². The molecular weight excluding hydrogens is 393 g/mol. The lowest BCUT2D eigenvalue weighted by Crippen LogP contribution is -2.11. The molecule has 124 valence electrons. The largest absolute Gasteiger partial charge is 0.298 e. The molecule has 1 amide bonds. The van der Waals surface area contributed by atoms with Crippen molar-refractivity contribution in [2.45, 2.75) is 4.90 Å². The maximum absolute atomic E-state index is 12.2. The Kier molecular flexibility index (Phi) is 4.50. The Morgan fingerprint density at radius 2 is 1.79 bits per heavy atom. The first kappa shape index (κ1) is 17.1. The van der Waals surface area contributed by atoms with Gasteiger partial charge in [0.25, 0.3) is 5.91 Å². The van der Waals surface area contributed by atoms with Crippen molar-refractivity contribution in [1.82, 2.24) is 4.98 Å². The highest BCUT2D eigenvalue weighted by atomic mass is 35.5. The fraction of sp³-hybridized carbons (Fsp3) is 0. The number of nitrogens with one attached hydrogen (secondary N) is 1. The van der Waals surface area contributed by atoms with E-state index in [1.165, 1.54) is 36.4 Å². The maximum atomic E-state index is 12.2. The van der Waals surface area contributed by atoms with Gasteiger partial charge in [0.2, 0.25) is 10.0 Å². The number of primary sulfonamides is 1. The van der Waals surface area contributed by atoms with Crippen molar-refractivity contribution in [2.24, 2.45) is 5.14 Å². The third kappa shape index (κ3) is 3.68. The monoisotopic (exact) mass is 401 g/mol. The van der Waals surface area contributed by atoms with Gasteiger partial charge in [0, 0.05) is 15.6 Å². The molecule has 2 aromatic carbocycles. The maximum Gasteiger partial charge on any atom is 0.257 e. The van der Waals surface area contributed by atoms with Crippen molar-refractivity contribution in [3.8, 4) is 0 Å². The highest BCUT2D eigenvalue weighted by Gasteiger charge is 2.14. The van der Waals surface area contributed by atoms with Crippen LogP contribution in [-0.2, 0) is 10.0 Å². The Morgan fingerprint density at radius 3 is 2.42 bits per heavy atom. The summed E-state index contributed by atoms with van der Waals surface area (Å²) in [6, 6.07) is 8.78. The van der Waals surface area contributed by atoms with Crippen LogP contribution in [0.2, 0.25) is 10.0 Å². The summed E-state index contributed by atoms with van der Waals surface area (Å²) in [5, 5.41) is 8.73. The van der Waals surface area contributed by atoms with E-state index < -0.39 is 15.9 Å². The zero-order valence-electron chi connectivity index (χ0n) is 11.8. The van der Waals surface area contributed by atoms with Gasteiger partial charge in [-0.1, -0.05) is 34.5 Å². The molecule has 0 aliphatic carbocycles. The molecule has 24 heavy (non-hydrogen) atoms.